The molecule has 3 amide bonds. The van der Waals surface area contributed by atoms with E-state index in [9.17, 15) is 9.59 Å². The number of amides is 3. The van der Waals surface area contributed by atoms with Crippen molar-refractivity contribution in [1.82, 2.24) is 15.2 Å². The zero-order chi connectivity index (χ0) is 19.1. The minimum atomic E-state index is -0.625. The lowest BCUT2D eigenvalue weighted by Crippen LogP contribution is -2.58. The molecule has 2 aromatic rings. The van der Waals surface area contributed by atoms with Gasteiger partial charge in [-0.2, -0.15) is 5.26 Å². The summed E-state index contributed by atoms with van der Waals surface area (Å²) in [5.41, 5.74) is 7.45. The Kier molecular flexibility index (Phi) is 6.28. The smallest absolute Gasteiger partial charge is 0.325 e. The van der Waals surface area contributed by atoms with Crippen molar-refractivity contribution in [2.45, 2.75) is 32.4 Å². The van der Waals surface area contributed by atoms with E-state index in [1.807, 2.05) is 62.4 Å². The number of aromatic nitrogens is 1. The van der Waals surface area contributed by atoms with Crippen LogP contribution >= 0.6 is 0 Å². The Labute approximate surface area is 152 Å². The normalized spacial score (nSPS) is 16.4. The fourth-order valence-electron chi connectivity index (χ4n) is 2.41. The van der Waals surface area contributed by atoms with Crippen molar-refractivity contribution in [3.63, 3.8) is 0 Å². The number of urea groups is 1. The van der Waals surface area contributed by atoms with E-state index >= 15 is 0 Å². The molecule has 2 heterocycles. The van der Waals surface area contributed by atoms with E-state index in [-0.39, 0.29) is 18.4 Å². The lowest BCUT2D eigenvalue weighted by molar-refractivity contribution is -0.138. The first kappa shape index (κ1) is 18.9. The van der Waals surface area contributed by atoms with Crippen LogP contribution in [-0.2, 0) is 4.79 Å². The maximum absolute atomic E-state index is 11.8. The first-order valence-corrected chi connectivity index (χ1v) is 8.17. The Bertz CT molecular complexity index is 799. The number of hydrogen-bond acceptors (Lipinski definition) is 5. The number of nitrogen functional groups attached to an aromatic ring is 1. The van der Waals surface area contributed by atoms with Crippen molar-refractivity contribution in [3.8, 4) is 6.07 Å². The molecule has 1 aromatic heterocycles. The molecular weight excluding hydrogens is 330 g/mol. The van der Waals surface area contributed by atoms with Crippen molar-refractivity contribution in [3.05, 3.63) is 59.8 Å². The molecule has 0 saturated carbocycles. The van der Waals surface area contributed by atoms with E-state index in [0.717, 1.165) is 16.0 Å². The molecule has 2 unspecified atom stereocenters. The molecule has 0 bridgehead atoms. The highest BCUT2D eigenvalue weighted by molar-refractivity contribution is 6.00. The Hall–Kier alpha value is -3.40. The SMILES string of the molecule is CC(NC(=O)N1C(=O)CC1C#N)c1ccccc1.Cc1ccnc(N)c1. The topological polar surface area (TPSA) is 112 Å². The minimum absolute atomic E-state index is 0.129. The number of hydrogen-bond donors (Lipinski definition) is 2. The fraction of sp³-hybridized carbons (Fsp3) is 0.263. The summed E-state index contributed by atoms with van der Waals surface area (Å²) in [5.74, 6) is 0.282. The number of pyridine rings is 1. The van der Waals surface area contributed by atoms with Crippen LogP contribution in [0.3, 0.4) is 0 Å². The van der Waals surface area contributed by atoms with Gasteiger partial charge in [0.05, 0.1) is 18.5 Å². The van der Waals surface area contributed by atoms with Gasteiger partial charge in [-0.3, -0.25) is 4.79 Å². The standard InChI is InChI=1S/C13H13N3O2.C6H8N2/c1-9(10-5-3-2-4-6-10)15-13(18)16-11(8-14)7-12(16)17;1-5-2-3-8-6(7)4-5/h2-6,9,11H,7H2,1H3,(H,15,18);2-4H,1H3,(H2,7,8). The quantitative estimate of drug-likeness (QED) is 0.808. The fourth-order valence-corrected chi connectivity index (χ4v) is 2.41. The molecular formula is C19H21N5O2. The Balaban J connectivity index is 0.000000254. The van der Waals surface area contributed by atoms with Gasteiger partial charge in [-0.05, 0) is 37.1 Å². The highest BCUT2D eigenvalue weighted by Gasteiger charge is 2.41. The predicted molar refractivity (Wildman–Crippen MR) is 97.6 cm³/mol. The summed E-state index contributed by atoms with van der Waals surface area (Å²) in [7, 11) is 0. The Morgan fingerprint density at radius 3 is 2.58 bits per heavy atom. The molecule has 0 spiro atoms. The number of carbonyl (C=O) groups is 2. The van der Waals surface area contributed by atoms with Crippen LogP contribution in [0.1, 0.15) is 30.5 Å². The number of anilines is 1. The average molecular weight is 351 g/mol. The largest absolute Gasteiger partial charge is 0.384 e. The van der Waals surface area contributed by atoms with Gasteiger partial charge in [0.15, 0.2) is 0 Å². The molecule has 7 heteroatoms. The van der Waals surface area contributed by atoms with Gasteiger partial charge in [-0.1, -0.05) is 30.3 Å². The third kappa shape index (κ3) is 4.80. The van der Waals surface area contributed by atoms with Gasteiger partial charge >= 0.3 is 6.03 Å². The number of nitrogens with two attached hydrogens (primary N) is 1. The van der Waals surface area contributed by atoms with Gasteiger partial charge in [0, 0.05) is 6.20 Å². The summed E-state index contributed by atoms with van der Waals surface area (Å²) in [6.07, 6.45) is 1.83. The first-order chi connectivity index (χ1) is 12.4. The molecule has 1 aliphatic heterocycles. The summed E-state index contributed by atoms with van der Waals surface area (Å²) < 4.78 is 0. The van der Waals surface area contributed by atoms with Gasteiger partial charge in [-0.15, -0.1) is 0 Å². The lowest BCUT2D eigenvalue weighted by atomic mass is 10.0. The van der Waals surface area contributed by atoms with Crippen molar-refractivity contribution >= 4 is 17.8 Å². The molecule has 134 valence electrons. The Morgan fingerprint density at radius 1 is 1.38 bits per heavy atom. The molecule has 7 nitrogen and oxygen atoms in total. The molecule has 26 heavy (non-hydrogen) atoms. The van der Waals surface area contributed by atoms with Gasteiger partial charge in [-0.25, -0.2) is 14.7 Å². The average Bonchev–Trinajstić information content (AvgIpc) is 2.60. The van der Waals surface area contributed by atoms with E-state index in [4.69, 9.17) is 11.0 Å². The van der Waals surface area contributed by atoms with Gasteiger partial charge < -0.3 is 11.1 Å². The number of imide groups is 1. The summed E-state index contributed by atoms with van der Waals surface area (Å²) in [6.45, 7) is 3.82. The van der Waals surface area contributed by atoms with E-state index in [2.05, 4.69) is 10.3 Å². The Morgan fingerprint density at radius 2 is 2.08 bits per heavy atom. The number of β-lactam (4-membered cyclic amide) rings is 1. The van der Waals surface area contributed by atoms with Crippen LogP contribution in [0.15, 0.2) is 48.7 Å². The number of nitrogens with one attached hydrogen (secondary N) is 1. The summed E-state index contributed by atoms with van der Waals surface area (Å²) >= 11 is 0. The third-order valence-corrected chi connectivity index (χ3v) is 3.89. The molecule has 1 fully saturated rings. The van der Waals surface area contributed by atoms with Crippen molar-refractivity contribution in [1.29, 1.82) is 5.26 Å². The molecule has 1 aliphatic rings. The summed E-state index contributed by atoms with van der Waals surface area (Å²) in [4.78, 5) is 27.9. The third-order valence-electron chi connectivity index (χ3n) is 3.89. The van der Waals surface area contributed by atoms with E-state index < -0.39 is 12.1 Å². The van der Waals surface area contributed by atoms with Crippen molar-refractivity contribution in [2.75, 3.05) is 5.73 Å². The van der Waals surface area contributed by atoms with Crippen LogP contribution in [0.25, 0.3) is 0 Å². The highest BCUT2D eigenvalue weighted by atomic mass is 16.2. The second-order valence-electron chi connectivity index (χ2n) is 5.95. The maximum Gasteiger partial charge on any atom is 0.325 e. The van der Waals surface area contributed by atoms with Gasteiger partial charge in [0.2, 0.25) is 5.91 Å². The molecule has 1 aromatic carbocycles. The van der Waals surface area contributed by atoms with Crippen LogP contribution in [0, 0.1) is 18.3 Å². The first-order valence-electron chi connectivity index (χ1n) is 8.17. The number of carbonyl (C=O) groups excluding carboxylic acids is 2. The van der Waals surface area contributed by atoms with E-state index in [0.29, 0.717) is 5.82 Å². The predicted octanol–water partition coefficient (Wildman–Crippen LogP) is 2.55. The van der Waals surface area contributed by atoms with Crippen LogP contribution in [0.2, 0.25) is 0 Å². The highest BCUT2D eigenvalue weighted by Crippen LogP contribution is 2.20. The minimum Gasteiger partial charge on any atom is -0.384 e. The molecule has 1 saturated heterocycles. The van der Waals surface area contributed by atoms with Crippen LogP contribution in [0.5, 0.6) is 0 Å². The molecule has 2 atom stereocenters. The second kappa shape index (κ2) is 8.62. The zero-order valence-electron chi connectivity index (χ0n) is 14.7. The molecule has 0 aliphatic carbocycles. The number of nitriles is 1. The van der Waals surface area contributed by atoms with Gasteiger partial charge in [0.25, 0.3) is 0 Å². The number of aryl methyl sites for hydroxylation is 1. The van der Waals surface area contributed by atoms with Crippen LogP contribution < -0.4 is 11.1 Å². The van der Waals surface area contributed by atoms with E-state index in [1.165, 1.54) is 0 Å². The van der Waals surface area contributed by atoms with E-state index in [1.54, 1.807) is 6.20 Å². The summed E-state index contributed by atoms with van der Waals surface area (Å²) in [5, 5.41) is 11.5. The van der Waals surface area contributed by atoms with Crippen LogP contribution in [-0.4, -0.2) is 27.9 Å². The van der Waals surface area contributed by atoms with Crippen LogP contribution in [0.4, 0.5) is 10.6 Å². The number of benzene rings is 1. The number of likely N-dealkylation sites (tertiary alicyclic amines) is 1. The zero-order valence-corrected chi connectivity index (χ0v) is 14.7. The maximum atomic E-state index is 11.8. The molecule has 0 radical (unpaired) electrons. The van der Waals surface area contributed by atoms with Crippen molar-refractivity contribution < 1.29 is 9.59 Å². The van der Waals surface area contributed by atoms with Gasteiger partial charge in [0.1, 0.15) is 11.9 Å². The summed E-state index contributed by atoms with van der Waals surface area (Å²) in [6, 6.07) is 13.8. The lowest BCUT2D eigenvalue weighted by Gasteiger charge is -2.34. The second-order valence-corrected chi connectivity index (χ2v) is 5.95. The molecule has 3 rings (SSSR count). The number of nitrogens with zero attached hydrogens (tertiary/aromatic N) is 3. The monoisotopic (exact) mass is 351 g/mol. The number of rotatable bonds is 2. The molecule has 3 N–H and O–H groups in total. The van der Waals surface area contributed by atoms with Crippen molar-refractivity contribution in [2.24, 2.45) is 0 Å².